The van der Waals surface area contributed by atoms with Gasteiger partial charge in [-0.15, -0.1) is 0 Å². The lowest BCUT2D eigenvalue weighted by molar-refractivity contribution is 0.287. The summed E-state index contributed by atoms with van der Waals surface area (Å²) in [5, 5.41) is 0.190. The zero-order chi connectivity index (χ0) is 18.9. The molecule has 0 aliphatic carbocycles. The molecule has 1 aromatic carbocycles. The van der Waals surface area contributed by atoms with E-state index in [1.54, 1.807) is 0 Å². The number of halogens is 2. The van der Waals surface area contributed by atoms with E-state index in [9.17, 15) is 17.6 Å². The van der Waals surface area contributed by atoms with Gasteiger partial charge in [-0.05, 0) is 43.0 Å². The highest BCUT2D eigenvalue weighted by Crippen LogP contribution is 2.23. The third-order valence-corrected chi connectivity index (χ3v) is 7.00. The molecule has 2 aromatic rings. The summed E-state index contributed by atoms with van der Waals surface area (Å²) in [5.74, 6) is -0.0697. The minimum Gasteiger partial charge on any atom is -0.310 e. The van der Waals surface area contributed by atoms with E-state index in [0.29, 0.717) is 19.0 Å². The number of pyridine rings is 1. The molecule has 0 saturated carbocycles. The molecule has 0 spiro atoms. The summed E-state index contributed by atoms with van der Waals surface area (Å²) in [6.45, 7) is 2.75. The maximum absolute atomic E-state index is 14.0. The van der Waals surface area contributed by atoms with Crippen LogP contribution in [0.1, 0.15) is 25.3 Å². The van der Waals surface area contributed by atoms with Gasteiger partial charge >= 0.3 is 0 Å². The van der Waals surface area contributed by atoms with E-state index in [1.807, 2.05) is 0 Å². The van der Waals surface area contributed by atoms with Crippen LogP contribution >= 0.6 is 11.6 Å². The van der Waals surface area contributed by atoms with Crippen molar-refractivity contribution in [1.29, 1.82) is 0 Å². The van der Waals surface area contributed by atoms with Crippen LogP contribution in [-0.4, -0.2) is 30.4 Å². The fourth-order valence-corrected chi connectivity index (χ4v) is 4.83. The summed E-state index contributed by atoms with van der Waals surface area (Å²) < 4.78 is 42.3. The lowest BCUT2D eigenvalue weighted by atomic mass is 10.0. The number of benzene rings is 1. The number of rotatable bonds is 4. The molecule has 1 fully saturated rings. The van der Waals surface area contributed by atoms with E-state index < -0.39 is 21.4 Å². The molecule has 1 aromatic heterocycles. The third-order valence-electron chi connectivity index (χ3n) is 4.74. The maximum atomic E-state index is 14.0. The van der Waals surface area contributed by atoms with Gasteiger partial charge in [0, 0.05) is 29.9 Å². The van der Waals surface area contributed by atoms with Crippen molar-refractivity contribution in [3.63, 3.8) is 0 Å². The summed E-state index contributed by atoms with van der Waals surface area (Å²) in [5.41, 5.74) is -0.525. The van der Waals surface area contributed by atoms with Crippen LogP contribution in [0.2, 0.25) is 5.02 Å². The Labute approximate surface area is 157 Å². The number of piperidine rings is 1. The number of sulfonamides is 1. The molecule has 1 aliphatic rings. The number of aromatic nitrogens is 1. The third kappa shape index (κ3) is 3.70. The molecule has 0 unspecified atom stereocenters. The van der Waals surface area contributed by atoms with Gasteiger partial charge in [0.15, 0.2) is 0 Å². The van der Waals surface area contributed by atoms with Gasteiger partial charge in [-0.1, -0.05) is 24.6 Å². The molecule has 8 heteroatoms. The predicted molar refractivity (Wildman–Crippen MR) is 98.4 cm³/mol. The van der Waals surface area contributed by atoms with Crippen LogP contribution in [0.4, 0.5) is 4.39 Å². The molecule has 3 rings (SSSR count). The number of nitrogens with zero attached hydrogens (tertiary/aromatic N) is 2. The maximum Gasteiger partial charge on any atom is 0.271 e. The van der Waals surface area contributed by atoms with Crippen molar-refractivity contribution in [2.24, 2.45) is 5.92 Å². The van der Waals surface area contributed by atoms with Crippen molar-refractivity contribution >= 4 is 21.6 Å². The lowest BCUT2D eigenvalue weighted by Crippen LogP contribution is -2.40. The fraction of sp³-hybridized carbons (Fsp3) is 0.389. The monoisotopic (exact) mass is 398 g/mol. The van der Waals surface area contributed by atoms with Gasteiger partial charge in [0.25, 0.3) is 5.56 Å². The zero-order valence-electron chi connectivity index (χ0n) is 14.4. The van der Waals surface area contributed by atoms with Crippen molar-refractivity contribution in [3.05, 3.63) is 63.3 Å². The molecule has 5 nitrogen and oxygen atoms in total. The van der Waals surface area contributed by atoms with Crippen molar-refractivity contribution in [2.75, 3.05) is 13.1 Å². The molecule has 1 saturated heterocycles. The second kappa shape index (κ2) is 7.50. The Kier molecular flexibility index (Phi) is 5.50. The summed E-state index contributed by atoms with van der Waals surface area (Å²) in [7, 11) is -3.88. The molecule has 0 radical (unpaired) electrons. The van der Waals surface area contributed by atoms with E-state index in [2.05, 4.69) is 6.92 Å². The Morgan fingerprint density at radius 3 is 2.54 bits per heavy atom. The molecule has 140 valence electrons. The van der Waals surface area contributed by atoms with E-state index in [0.717, 1.165) is 12.8 Å². The van der Waals surface area contributed by atoms with Gasteiger partial charge in [0.2, 0.25) is 10.0 Å². The van der Waals surface area contributed by atoms with Crippen LogP contribution in [0.5, 0.6) is 0 Å². The molecule has 0 bridgehead atoms. The predicted octanol–water partition coefficient (Wildman–Crippen LogP) is 3.11. The smallest absolute Gasteiger partial charge is 0.271 e. The Balaban J connectivity index is 1.96. The quantitative estimate of drug-likeness (QED) is 0.795. The summed E-state index contributed by atoms with van der Waals surface area (Å²) in [6.07, 6.45) is 2.97. The van der Waals surface area contributed by atoms with Crippen LogP contribution < -0.4 is 5.56 Å². The molecule has 0 N–H and O–H groups in total. The fourth-order valence-electron chi connectivity index (χ4n) is 3.05. The Morgan fingerprint density at radius 2 is 1.88 bits per heavy atom. The first-order valence-corrected chi connectivity index (χ1v) is 10.2. The van der Waals surface area contributed by atoms with Crippen LogP contribution in [0, 0.1) is 11.7 Å². The summed E-state index contributed by atoms with van der Waals surface area (Å²) >= 11 is 6.01. The van der Waals surface area contributed by atoms with Gasteiger partial charge in [-0.3, -0.25) is 4.79 Å². The van der Waals surface area contributed by atoms with Crippen LogP contribution in [0.25, 0.3) is 0 Å². The van der Waals surface area contributed by atoms with Crippen molar-refractivity contribution in [1.82, 2.24) is 8.87 Å². The molecule has 26 heavy (non-hydrogen) atoms. The molecule has 0 atom stereocenters. The topological polar surface area (TPSA) is 59.4 Å². The Morgan fingerprint density at radius 1 is 1.19 bits per heavy atom. The molecule has 2 heterocycles. The SMILES string of the molecule is CC1CCN(S(=O)(=O)c2cccn(Cc3c(F)cccc3Cl)c2=O)CC1. The average molecular weight is 399 g/mol. The zero-order valence-corrected chi connectivity index (χ0v) is 15.9. The summed E-state index contributed by atoms with van der Waals surface area (Å²) in [6, 6.07) is 7.04. The minimum atomic E-state index is -3.88. The average Bonchev–Trinajstić information content (AvgIpc) is 2.60. The van der Waals surface area contributed by atoms with Gasteiger partial charge < -0.3 is 4.57 Å². The van der Waals surface area contributed by atoms with Crippen molar-refractivity contribution in [3.8, 4) is 0 Å². The normalized spacial score (nSPS) is 16.7. The van der Waals surface area contributed by atoms with Gasteiger partial charge in [-0.25, -0.2) is 12.8 Å². The van der Waals surface area contributed by atoms with Gasteiger partial charge in [-0.2, -0.15) is 4.31 Å². The Hall–Kier alpha value is -1.70. The van der Waals surface area contributed by atoms with Crippen molar-refractivity contribution < 1.29 is 12.8 Å². The lowest BCUT2D eigenvalue weighted by Gasteiger charge is -2.29. The second-order valence-electron chi connectivity index (χ2n) is 6.59. The van der Waals surface area contributed by atoms with E-state index in [-0.39, 0.29) is 22.0 Å². The molecular weight excluding hydrogens is 379 g/mol. The molecule has 1 aliphatic heterocycles. The van der Waals surface area contributed by atoms with E-state index in [4.69, 9.17) is 11.6 Å². The minimum absolute atomic E-state index is 0.134. The van der Waals surface area contributed by atoms with Crippen LogP contribution in [0.15, 0.2) is 46.2 Å². The highest BCUT2D eigenvalue weighted by atomic mass is 35.5. The largest absolute Gasteiger partial charge is 0.310 e. The van der Waals surface area contributed by atoms with Gasteiger partial charge in [0.1, 0.15) is 10.7 Å². The highest BCUT2D eigenvalue weighted by Gasteiger charge is 2.30. The summed E-state index contributed by atoms with van der Waals surface area (Å²) in [4.78, 5) is 12.5. The first-order valence-electron chi connectivity index (χ1n) is 8.43. The standard InChI is InChI=1S/C18H20ClFN2O3S/c1-13-7-10-22(11-8-13)26(24,25)17-6-3-9-21(18(17)23)12-14-15(19)4-2-5-16(14)20/h2-6,9,13H,7-8,10-12H2,1H3. The first-order chi connectivity index (χ1) is 12.3. The van der Waals surface area contributed by atoms with Crippen LogP contribution in [0.3, 0.4) is 0 Å². The second-order valence-corrected chi connectivity index (χ2v) is 8.91. The van der Waals surface area contributed by atoms with Gasteiger partial charge in [0.05, 0.1) is 6.54 Å². The molecular formula is C18H20ClFN2O3S. The van der Waals surface area contributed by atoms with E-state index >= 15 is 0 Å². The van der Waals surface area contributed by atoms with Crippen LogP contribution in [-0.2, 0) is 16.6 Å². The number of hydrogen-bond acceptors (Lipinski definition) is 3. The number of hydrogen-bond donors (Lipinski definition) is 0. The highest BCUT2D eigenvalue weighted by molar-refractivity contribution is 7.89. The first kappa shape index (κ1) is 19.1. The van der Waals surface area contributed by atoms with Crippen molar-refractivity contribution in [2.45, 2.75) is 31.2 Å². The Bertz CT molecular complexity index is 946. The molecule has 0 amide bonds. The van der Waals surface area contributed by atoms with E-state index in [1.165, 1.54) is 45.4 Å².